The highest BCUT2D eigenvalue weighted by Gasteiger charge is 2.18. The fourth-order valence-corrected chi connectivity index (χ4v) is 3.73. The molecule has 4 nitrogen and oxygen atoms in total. The van der Waals surface area contributed by atoms with Crippen LogP contribution in [0.25, 0.3) is 0 Å². The Morgan fingerprint density at radius 3 is 2.91 bits per heavy atom. The normalized spacial score (nSPS) is 18.3. The van der Waals surface area contributed by atoms with Gasteiger partial charge in [-0.15, -0.1) is 11.3 Å². The Hall–Kier alpha value is -0.620. The number of thiophene rings is 1. The summed E-state index contributed by atoms with van der Waals surface area (Å²) in [5, 5.41) is 15.4. The third kappa shape index (κ3) is 6.24. The summed E-state index contributed by atoms with van der Waals surface area (Å²) in [6, 6.07) is 1.89. The molecular weight excluding hydrogens is 320 g/mol. The van der Waals surface area contributed by atoms with Crippen molar-refractivity contribution in [1.29, 1.82) is 0 Å². The molecule has 124 valence electrons. The summed E-state index contributed by atoms with van der Waals surface area (Å²) < 4.78 is 0. The molecular formula is C16H25ClN2O2S. The topological polar surface area (TPSA) is 52.6 Å². The van der Waals surface area contributed by atoms with E-state index in [1.54, 1.807) is 11.3 Å². The molecule has 1 atom stereocenters. The average Bonchev–Trinajstić information content (AvgIpc) is 2.91. The van der Waals surface area contributed by atoms with Crippen molar-refractivity contribution in [3.8, 4) is 0 Å². The molecule has 1 aliphatic heterocycles. The first-order valence-corrected chi connectivity index (χ1v) is 9.18. The smallest absolute Gasteiger partial charge is 0.220 e. The van der Waals surface area contributed by atoms with Gasteiger partial charge in [0, 0.05) is 29.8 Å². The number of piperidine rings is 1. The van der Waals surface area contributed by atoms with E-state index in [0.717, 1.165) is 28.9 Å². The van der Waals surface area contributed by atoms with Gasteiger partial charge in [-0.1, -0.05) is 18.5 Å². The van der Waals surface area contributed by atoms with Gasteiger partial charge in [-0.05, 0) is 44.3 Å². The van der Waals surface area contributed by atoms with E-state index in [0.29, 0.717) is 25.9 Å². The van der Waals surface area contributed by atoms with Gasteiger partial charge in [-0.25, -0.2) is 0 Å². The summed E-state index contributed by atoms with van der Waals surface area (Å²) in [4.78, 5) is 15.2. The maximum atomic E-state index is 11.8. The first kappa shape index (κ1) is 17.7. The minimum atomic E-state index is -0.492. The molecule has 1 saturated heterocycles. The second-order valence-electron chi connectivity index (χ2n) is 6.17. The van der Waals surface area contributed by atoms with Crippen molar-refractivity contribution >= 4 is 28.8 Å². The zero-order chi connectivity index (χ0) is 15.9. The van der Waals surface area contributed by atoms with Crippen LogP contribution in [0.4, 0.5) is 0 Å². The Morgan fingerprint density at radius 2 is 2.27 bits per heavy atom. The molecule has 0 radical (unpaired) electrons. The summed E-state index contributed by atoms with van der Waals surface area (Å²) in [7, 11) is 0. The van der Waals surface area contributed by atoms with Gasteiger partial charge in [0.15, 0.2) is 0 Å². The van der Waals surface area contributed by atoms with Crippen LogP contribution < -0.4 is 5.32 Å². The number of carbonyl (C=O) groups excluding carboxylic acids is 1. The molecule has 1 aromatic heterocycles. The second-order valence-corrected chi connectivity index (χ2v) is 7.60. The molecule has 2 rings (SSSR count). The largest absolute Gasteiger partial charge is 0.390 e. The van der Waals surface area contributed by atoms with E-state index >= 15 is 0 Å². The van der Waals surface area contributed by atoms with Crippen molar-refractivity contribution < 1.29 is 9.90 Å². The standard InChI is InChI=1S/C16H25ClN2O2S/c1-12-4-6-19(7-5-12)10-14(20)9-18-16(21)3-2-15-8-13(17)11-22-15/h8,11-12,14,20H,2-7,9-10H2,1H3,(H,18,21). The van der Waals surface area contributed by atoms with Crippen molar-refractivity contribution in [1.82, 2.24) is 10.2 Å². The summed E-state index contributed by atoms with van der Waals surface area (Å²) in [5.41, 5.74) is 0. The van der Waals surface area contributed by atoms with E-state index in [4.69, 9.17) is 11.6 Å². The summed E-state index contributed by atoms with van der Waals surface area (Å²) in [6.45, 7) is 5.34. The molecule has 22 heavy (non-hydrogen) atoms. The Kier molecular flexibility index (Phi) is 7.15. The van der Waals surface area contributed by atoms with Gasteiger partial charge in [0.2, 0.25) is 5.91 Å². The van der Waals surface area contributed by atoms with Gasteiger partial charge in [-0.2, -0.15) is 0 Å². The van der Waals surface area contributed by atoms with Crippen LogP contribution in [0.1, 0.15) is 31.1 Å². The zero-order valence-electron chi connectivity index (χ0n) is 13.1. The third-order valence-corrected chi connectivity index (χ3v) is 5.44. The number of β-amino-alcohol motifs (C(OH)–C–C–N with tert-alkyl or cyclic N) is 1. The second kappa shape index (κ2) is 8.87. The number of aliphatic hydroxyl groups is 1. The monoisotopic (exact) mass is 344 g/mol. The SMILES string of the molecule is CC1CCN(CC(O)CNC(=O)CCc2cc(Cl)cs2)CC1. The number of aryl methyl sites for hydroxylation is 1. The van der Waals surface area contributed by atoms with Crippen LogP contribution in [0.15, 0.2) is 11.4 Å². The Balaban J connectivity index is 1.59. The Labute approximate surface area is 141 Å². The van der Waals surface area contributed by atoms with Crippen molar-refractivity contribution in [3.05, 3.63) is 21.3 Å². The van der Waals surface area contributed by atoms with Crippen molar-refractivity contribution in [2.75, 3.05) is 26.2 Å². The summed E-state index contributed by atoms with van der Waals surface area (Å²) in [5.74, 6) is 0.773. The number of likely N-dealkylation sites (tertiary alicyclic amines) is 1. The molecule has 0 spiro atoms. The maximum Gasteiger partial charge on any atom is 0.220 e. The number of nitrogens with one attached hydrogen (secondary N) is 1. The highest BCUT2D eigenvalue weighted by Crippen LogP contribution is 2.20. The number of hydrogen-bond acceptors (Lipinski definition) is 4. The fourth-order valence-electron chi connectivity index (χ4n) is 2.65. The van der Waals surface area contributed by atoms with Crippen molar-refractivity contribution in [2.45, 2.75) is 38.7 Å². The van der Waals surface area contributed by atoms with Gasteiger partial charge < -0.3 is 15.3 Å². The van der Waals surface area contributed by atoms with Gasteiger partial charge in [-0.3, -0.25) is 4.79 Å². The van der Waals surface area contributed by atoms with Crippen LogP contribution in [0.5, 0.6) is 0 Å². The third-order valence-electron chi connectivity index (χ3n) is 4.10. The number of carbonyl (C=O) groups is 1. The van der Waals surface area contributed by atoms with Gasteiger partial charge in [0.25, 0.3) is 0 Å². The van der Waals surface area contributed by atoms with E-state index < -0.39 is 6.10 Å². The number of aliphatic hydroxyl groups excluding tert-OH is 1. The lowest BCUT2D eigenvalue weighted by Gasteiger charge is -2.31. The molecule has 0 bridgehead atoms. The van der Waals surface area contributed by atoms with Crippen molar-refractivity contribution in [3.63, 3.8) is 0 Å². The van der Waals surface area contributed by atoms with E-state index in [9.17, 15) is 9.90 Å². The summed E-state index contributed by atoms with van der Waals surface area (Å²) >= 11 is 7.42. The van der Waals surface area contributed by atoms with E-state index in [2.05, 4.69) is 17.1 Å². The Bertz CT molecular complexity index is 472. The molecule has 1 unspecified atom stereocenters. The molecule has 2 N–H and O–H groups in total. The maximum absolute atomic E-state index is 11.8. The molecule has 6 heteroatoms. The Morgan fingerprint density at radius 1 is 1.55 bits per heavy atom. The van der Waals surface area contributed by atoms with E-state index in [-0.39, 0.29) is 5.91 Å². The molecule has 0 saturated carbocycles. The predicted molar refractivity (Wildman–Crippen MR) is 91.5 cm³/mol. The quantitative estimate of drug-likeness (QED) is 0.799. The van der Waals surface area contributed by atoms with Crippen LogP contribution in [0, 0.1) is 5.92 Å². The first-order valence-electron chi connectivity index (χ1n) is 7.93. The van der Waals surface area contributed by atoms with Crippen LogP contribution in [0.2, 0.25) is 5.02 Å². The van der Waals surface area contributed by atoms with Crippen LogP contribution in [0.3, 0.4) is 0 Å². The minimum absolute atomic E-state index is 0.0177. The molecule has 0 aliphatic carbocycles. The zero-order valence-corrected chi connectivity index (χ0v) is 14.6. The van der Waals surface area contributed by atoms with E-state index in [1.165, 1.54) is 12.8 Å². The van der Waals surface area contributed by atoms with Gasteiger partial charge >= 0.3 is 0 Å². The van der Waals surface area contributed by atoms with Crippen LogP contribution in [-0.2, 0) is 11.2 Å². The molecule has 1 aliphatic rings. The predicted octanol–water partition coefficient (Wildman–Crippen LogP) is 2.54. The molecule has 1 fully saturated rings. The molecule has 1 amide bonds. The lowest BCUT2D eigenvalue weighted by atomic mass is 9.99. The van der Waals surface area contributed by atoms with E-state index in [1.807, 2.05) is 11.4 Å². The number of hydrogen-bond donors (Lipinski definition) is 2. The highest BCUT2D eigenvalue weighted by molar-refractivity contribution is 7.10. The molecule has 2 heterocycles. The van der Waals surface area contributed by atoms with Crippen molar-refractivity contribution in [2.24, 2.45) is 5.92 Å². The number of nitrogens with zero attached hydrogens (tertiary/aromatic N) is 1. The lowest BCUT2D eigenvalue weighted by Crippen LogP contribution is -2.43. The molecule has 0 aromatic carbocycles. The number of amides is 1. The average molecular weight is 345 g/mol. The lowest BCUT2D eigenvalue weighted by molar-refractivity contribution is -0.121. The highest BCUT2D eigenvalue weighted by atomic mass is 35.5. The number of rotatable bonds is 7. The fraction of sp³-hybridized carbons (Fsp3) is 0.688. The van der Waals surface area contributed by atoms with Crippen LogP contribution in [-0.4, -0.2) is 48.2 Å². The van der Waals surface area contributed by atoms with Gasteiger partial charge in [0.1, 0.15) is 0 Å². The summed E-state index contributed by atoms with van der Waals surface area (Å²) in [6.07, 6.45) is 3.03. The molecule has 1 aromatic rings. The van der Waals surface area contributed by atoms with Crippen LogP contribution >= 0.6 is 22.9 Å². The minimum Gasteiger partial charge on any atom is -0.390 e. The van der Waals surface area contributed by atoms with Gasteiger partial charge in [0.05, 0.1) is 11.1 Å². The number of halogens is 1. The first-order chi connectivity index (χ1) is 10.5.